The molecule has 21 heavy (non-hydrogen) atoms. The summed E-state index contributed by atoms with van der Waals surface area (Å²) < 4.78 is 1.86. The third-order valence-corrected chi connectivity index (χ3v) is 5.32. The predicted octanol–water partition coefficient (Wildman–Crippen LogP) is 2.73. The molecule has 0 aliphatic rings. The van der Waals surface area contributed by atoms with Crippen LogP contribution >= 0.6 is 23.1 Å². The highest BCUT2D eigenvalue weighted by Gasteiger charge is 2.14. The Kier molecular flexibility index (Phi) is 3.83. The number of nitrogens with two attached hydrogens (primary N) is 1. The largest absolute Gasteiger partial charge is 0.292 e. The van der Waals surface area contributed by atoms with Crippen molar-refractivity contribution in [3.63, 3.8) is 0 Å². The van der Waals surface area contributed by atoms with E-state index < -0.39 is 0 Å². The quantitative estimate of drug-likeness (QED) is 0.437. The van der Waals surface area contributed by atoms with E-state index in [0.29, 0.717) is 5.95 Å². The van der Waals surface area contributed by atoms with Crippen LogP contribution in [0.5, 0.6) is 0 Å². The lowest BCUT2D eigenvalue weighted by Crippen LogP contribution is -2.10. The first-order chi connectivity index (χ1) is 10.1. The fourth-order valence-electron chi connectivity index (χ4n) is 2.04. The number of thiophene rings is 1. The van der Waals surface area contributed by atoms with Crippen molar-refractivity contribution in [2.45, 2.75) is 30.3 Å². The molecule has 0 radical (unpaired) electrons. The van der Waals surface area contributed by atoms with Crippen molar-refractivity contribution in [2.75, 3.05) is 5.43 Å². The second kappa shape index (κ2) is 5.63. The molecule has 0 saturated heterocycles. The molecule has 3 aromatic heterocycles. The molecular weight excluding hydrogens is 304 g/mol. The standard InChI is InChI=1S/C13H16N6S2/c1-4-8-6-9-11(20-8)15-13(17-14)16-12(9)21-10-5-7(2)18-19(10)3/h5-6H,4,14H2,1-3H3,(H,15,16,17). The zero-order chi connectivity index (χ0) is 15.0. The number of aromatic nitrogens is 4. The van der Waals surface area contributed by atoms with Crippen molar-refractivity contribution in [3.8, 4) is 0 Å². The zero-order valence-corrected chi connectivity index (χ0v) is 13.7. The molecule has 3 rings (SSSR count). The summed E-state index contributed by atoms with van der Waals surface area (Å²) in [5.74, 6) is 5.92. The van der Waals surface area contributed by atoms with Crippen LogP contribution in [0.3, 0.4) is 0 Å². The van der Waals surface area contributed by atoms with Crippen LogP contribution in [0, 0.1) is 6.92 Å². The summed E-state index contributed by atoms with van der Waals surface area (Å²) in [6, 6.07) is 4.20. The van der Waals surface area contributed by atoms with Crippen LogP contribution in [0.2, 0.25) is 0 Å². The molecule has 110 valence electrons. The maximum absolute atomic E-state index is 5.48. The molecule has 0 bridgehead atoms. The van der Waals surface area contributed by atoms with Crippen molar-refractivity contribution < 1.29 is 0 Å². The van der Waals surface area contributed by atoms with Gasteiger partial charge in [0.25, 0.3) is 0 Å². The van der Waals surface area contributed by atoms with Crippen LogP contribution in [0.15, 0.2) is 22.2 Å². The van der Waals surface area contributed by atoms with Gasteiger partial charge in [-0.1, -0.05) is 6.92 Å². The second-order valence-corrected chi connectivity index (χ2v) is 6.76. The van der Waals surface area contributed by atoms with Gasteiger partial charge >= 0.3 is 0 Å². The van der Waals surface area contributed by atoms with Crippen molar-refractivity contribution in [1.29, 1.82) is 0 Å². The van der Waals surface area contributed by atoms with Gasteiger partial charge in [0, 0.05) is 17.3 Å². The van der Waals surface area contributed by atoms with Gasteiger partial charge in [-0.15, -0.1) is 11.3 Å². The third kappa shape index (κ3) is 2.74. The summed E-state index contributed by atoms with van der Waals surface area (Å²) in [5, 5.41) is 7.37. The molecule has 6 nitrogen and oxygen atoms in total. The number of hydrogen-bond acceptors (Lipinski definition) is 7. The molecular formula is C13H16N6S2. The Morgan fingerprint density at radius 3 is 2.81 bits per heavy atom. The van der Waals surface area contributed by atoms with Crippen LogP contribution in [-0.2, 0) is 13.5 Å². The molecule has 0 saturated carbocycles. The highest BCUT2D eigenvalue weighted by Crippen LogP contribution is 2.36. The molecule has 0 atom stereocenters. The van der Waals surface area contributed by atoms with Crippen LogP contribution in [-0.4, -0.2) is 19.7 Å². The average molecular weight is 320 g/mol. The molecule has 0 spiro atoms. The molecule has 3 heterocycles. The Morgan fingerprint density at radius 2 is 2.19 bits per heavy atom. The third-order valence-electron chi connectivity index (χ3n) is 3.05. The molecule has 0 fully saturated rings. The summed E-state index contributed by atoms with van der Waals surface area (Å²) in [5.41, 5.74) is 3.53. The Bertz CT molecular complexity index is 791. The summed E-state index contributed by atoms with van der Waals surface area (Å²) in [4.78, 5) is 11.2. The number of anilines is 1. The summed E-state index contributed by atoms with van der Waals surface area (Å²) in [6.07, 6.45) is 0.987. The average Bonchev–Trinajstić information content (AvgIpc) is 3.01. The Hall–Kier alpha value is -1.64. The van der Waals surface area contributed by atoms with E-state index in [9.17, 15) is 0 Å². The fraction of sp³-hybridized carbons (Fsp3) is 0.308. The minimum absolute atomic E-state index is 0.438. The highest BCUT2D eigenvalue weighted by molar-refractivity contribution is 7.99. The predicted molar refractivity (Wildman–Crippen MR) is 86.7 cm³/mol. The number of aryl methyl sites for hydroxylation is 3. The fourth-order valence-corrected chi connectivity index (χ4v) is 4.07. The summed E-state index contributed by atoms with van der Waals surface area (Å²) in [7, 11) is 1.93. The number of hydrazine groups is 1. The van der Waals surface area contributed by atoms with Gasteiger partial charge in [0.1, 0.15) is 14.9 Å². The lowest BCUT2D eigenvalue weighted by atomic mass is 10.3. The van der Waals surface area contributed by atoms with E-state index in [-0.39, 0.29) is 0 Å². The molecule has 0 aromatic carbocycles. The van der Waals surface area contributed by atoms with E-state index in [0.717, 1.165) is 32.4 Å². The smallest absolute Gasteiger partial charge is 0.239 e. The molecule has 3 N–H and O–H groups in total. The first-order valence-corrected chi connectivity index (χ1v) is 8.19. The molecule has 8 heteroatoms. The van der Waals surface area contributed by atoms with Crippen LogP contribution < -0.4 is 11.3 Å². The first kappa shape index (κ1) is 14.3. The normalized spacial score (nSPS) is 11.2. The maximum atomic E-state index is 5.48. The minimum Gasteiger partial charge on any atom is -0.292 e. The van der Waals surface area contributed by atoms with E-state index in [4.69, 9.17) is 5.84 Å². The van der Waals surface area contributed by atoms with Gasteiger partial charge in [-0.3, -0.25) is 10.1 Å². The van der Waals surface area contributed by atoms with Gasteiger partial charge in [0.15, 0.2) is 0 Å². The first-order valence-electron chi connectivity index (χ1n) is 6.56. The van der Waals surface area contributed by atoms with E-state index in [1.165, 1.54) is 4.88 Å². The van der Waals surface area contributed by atoms with E-state index in [2.05, 4.69) is 33.5 Å². The van der Waals surface area contributed by atoms with Gasteiger partial charge in [0.2, 0.25) is 5.95 Å². The van der Waals surface area contributed by atoms with Crippen molar-refractivity contribution in [1.82, 2.24) is 19.7 Å². The van der Waals surface area contributed by atoms with Crippen molar-refractivity contribution in [2.24, 2.45) is 12.9 Å². The molecule has 0 aliphatic heterocycles. The molecule has 0 unspecified atom stereocenters. The molecule has 0 amide bonds. The van der Waals surface area contributed by atoms with Crippen molar-refractivity contribution >= 4 is 39.3 Å². The lowest BCUT2D eigenvalue weighted by molar-refractivity contribution is 0.692. The monoisotopic (exact) mass is 320 g/mol. The molecule has 0 aliphatic carbocycles. The van der Waals surface area contributed by atoms with Gasteiger partial charge in [-0.05, 0) is 37.2 Å². The number of rotatable bonds is 4. The SMILES string of the molecule is CCc1cc2c(Sc3cc(C)nn3C)nc(NN)nc2s1. The van der Waals surface area contributed by atoms with Gasteiger partial charge in [-0.25, -0.2) is 15.8 Å². The summed E-state index contributed by atoms with van der Waals surface area (Å²) in [6.45, 7) is 4.11. The van der Waals surface area contributed by atoms with Gasteiger partial charge in [0.05, 0.1) is 5.69 Å². The van der Waals surface area contributed by atoms with E-state index in [1.54, 1.807) is 23.1 Å². The number of hydrogen-bond donors (Lipinski definition) is 2. The molecule has 3 aromatic rings. The number of nitrogens with one attached hydrogen (secondary N) is 1. The van der Waals surface area contributed by atoms with Crippen molar-refractivity contribution in [3.05, 3.63) is 22.7 Å². The Balaban J connectivity index is 2.11. The Morgan fingerprint density at radius 1 is 1.38 bits per heavy atom. The van der Waals surface area contributed by atoms with Gasteiger partial charge in [-0.2, -0.15) is 5.10 Å². The van der Waals surface area contributed by atoms with E-state index >= 15 is 0 Å². The number of nitrogens with zero attached hydrogens (tertiary/aromatic N) is 4. The van der Waals surface area contributed by atoms with Crippen LogP contribution in [0.4, 0.5) is 5.95 Å². The van der Waals surface area contributed by atoms with Crippen LogP contribution in [0.1, 0.15) is 17.5 Å². The highest BCUT2D eigenvalue weighted by atomic mass is 32.2. The minimum atomic E-state index is 0.438. The Labute approximate surface area is 130 Å². The van der Waals surface area contributed by atoms with Gasteiger partial charge < -0.3 is 0 Å². The second-order valence-electron chi connectivity index (χ2n) is 4.63. The topological polar surface area (TPSA) is 81.7 Å². The summed E-state index contributed by atoms with van der Waals surface area (Å²) >= 11 is 3.26. The zero-order valence-electron chi connectivity index (χ0n) is 12.0. The maximum Gasteiger partial charge on any atom is 0.239 e. The van der Waals surface area contributed by atoms with Crippen LogP contribution in [0.25, 0.3) is 10.2 Å². The number of nitrogen functional groups attached to an aromatic ring is 1. The number of fused-ring (bicyclic) bond motifs is 1. The van der Waals surface area contributed by atoms with E-state index in [1.807, 2.05) is 24.7 Å². The lowest BCUT2D eigenvalue weighted by Gasteiger charge is -2.05.